The largest absolute Gasteiger partial charge is 0.299 e. The van der Waals surface area contributed by atoms with Crippen LogP contribution < -0.4 is 0 Å². The van der Waals surface area contributed by atoms with Crippen LogP contribution in [0.2, 0.25) is 0 Å². The maximum absolute atomic E-state index is 4.51. The van der Waals surface area contributed by atoms with Crippen LogP contribution in [0.1, 0.15) is 31.9 Å². The Morgan fingerprint density at radius 2 is 1.84 bits per heavy atom. The molecule has 2 heteroatoms. The van der Waals surface area contributed by atoms with Crippen LogP contribution in [-0.2, 0) is 0 Å². The van der Waals surface area contributed by atoms with Gasteiger partial charge in [-0.05, 0) is 44.9 Å². The summed E-state index contributed by atoms with van der Waals surface area (Å²) in [4.78, 5) is 4.51. The Kier molecular flexibility index (Phi) is 2.67. The lowest BCUT2D eigenvalue weighted by atomic mass is 9.95. The summed E-state index contributed by atoms with van der Waals surface area (Å²) >= 11 is 0. The molecule has 3 aromatic rings. The summed E-state index contributed by atoms with van der Waals surface area (Å²) in [5.74, 6) is 0. The minimum absolute atomic E-state index is 1.05. The molecule has 0 unspecified atom stereocenters. The predicted molar refractivity (Wildman–Crippen MR) is 81.4 cm³/mol. The Labute approximate surface area is 113 Å². The monoisotopic (exact) mass is 250 g/mol. The third kappa shape index (κ3) is 1.67. The molecule has 2 aromatic heterocycles. The molecule has 0 aliphatic rings. The fourth-order valence-electron chi connectivity index (χ4n) is 2.72. The molecule has 0 aliphatic carbocycles. The molecule has 0 N–H and O–H groups in total. The molecule has 0 bridgehead atoms. The molecule has 1 aromatic carbocycles. The molecule has 0 amide bonds. The molecule has 0 atom stereocenters. The van der Waals surface area contributed by atoms with E-state index in [9.17, 15) is 0 Å². The van der Waals surface area contributed by atoms with Gasteiger partial charge in [0.2, 0.25) is 0 Å². The molecule has 2 heterocycles. The number of fused-ring (bicyclic) bond motifs is 3. The number of benzene rings is 1. The van der Waals surface area contributed by atoms with Gasteiger partial charge in [0.25, 0.3) is 0 Å². The van der Waals surface area contributed by atoms with Crippen LogP contribution in [0, 0.1) is 6.92 Å². The molecule has 0 spiro atoms. The van der Waals surface area contributed by atoms with Crippen molar-refractivity contribution in [3.05, 3.63) is 53.4 Å². The van der Waals surface area contributed by atoms with Crippen molar-refractivity contribution in [1.29, 1.82) is 0 Å². The van der Waals surface area contributed by atoms with E-state index < -0.39 is 0 Å². The third-order valence-corrected chi connectivity index (χ3v) is 3.91. The summed E-state index contributed by atoms with van der Waals surface area (Å²) in [6, 6.07) is 8.54. The molecule has 0 saturated carbocycles. The third-order valence-electron chi connectivity index (χ3n) is 3.91. The summed E-state index contributed by atoms with van der Waals surface area (Å²) in [5.41, 5.74) is 7.55. The van der Waals surface area contributed by atoms with Crippen LogP contribution in [-0.4, -0.2) is 9.38 Å². The van der Waals surface area contributed by atoms with Crippen molar-refractivity contribution >= 4 is 22.1 Å². The summed E-state index contributed by atoms with van der Waals surface area (Å²) < 4.78 is 2.17. The smallest absolute Gasteiger partial charge is 0.140 e. The second-order valence-corrected chi connectivity index (χ2v) is 5.26. The van der Waals surface area contributed by atoms with Crippen molar-refractivity contribution < 1.29 is 0 Å². The average molecular weight is 250 g/mol. The van der Waals surface area contributed by atoms with Gasteiger partial charge in [0.15, 0.2) is 0 Å². The Morgan fingerprint density at radius 3 is 2.58 bits per heavy atom. The van der Waals surface area contributed by atoms with E-state index in [0.717, 1.165) is 5.65 Å². The second-order valence-electron chi connectivity index (χ2n) is 5.26. The van der Waals surface area contributed by atoms with Crippen LogP contribution in [0.3, 0.4) is 0 Å². The molecule has 0 aliphatic heterocycles. The van der Waals surface area contributed by atoms with Gasteiger partial charge < -0.3 is 0 Å². The van der Waals surface area contributed by atoms with Gasteiger partial charge in [-0.2, -0.15) is 0 Å². The molecule has 2 nitrogen and oxygen atoms in total. The average Bonchev–Trinajstić information content (AvgIpc) is 2.88. The molecule has 3 rings (SSSR count). The highest BCUT2D eigenvalue weighted by Crippen LogP contribution is 2.32. The van der Waals surface area contributed by atoms with Gasteiger partial charge in [-0.25, -0.2) is 4.98 Å². The van der Waals surface area contributed by atoms with Crippen molar-refractivity contribution in [2.75, 3.05) is 0 Å². The second kappa shape index (κ2) is 4.23. The summed E-state index contributed by atoms with van der Waals surface area (Å²) in [5, 5.41) is 1.30. The lowest BCUT2D eigenvalue weighted by Gasteiger charge is -2.15. The summed E-state index contributed by atoms with van der Waals surface area (Å²) in [7, 11) is 0. The molecule has 0 saturated heterocycles. The van der Waals surface area contributed by atoms with Crippen LogP contribution in [0.5, 0.6) is 0 Å². The Balaban J connectivity index is 2.60. The SMILES string of the molecule is CC(C)=C(C)c1c(C)c2nccn2c2ccccc12. The first-order valence-corrected chi connectivity index (χ1v) is 6.60. The number of nitrogens with zero attached hydrogens (tertiary/aromatic N) is 2. The van der Waals surface area contributed by atoms with Crippen LogP contribution >= 0.6 is 0 Å². The standard InChI is InChI=1S/C17H18N2/c1-11(2)12(3)16-13(4)17-18-9-10-19(17)15-8-6-5-7-14(15)16/h5-10H,1-4H3. The van der Waals surface area contributed by atoms with Gasteiger partial charge in [0, 0.05) is 23.3 Å². The molecule has 96 valence electrons. The number of allylic oxidation sites excluding steroid dienone is 2. The number of aryl methyl sites for hydroxylation is 1. The van der Waals surface area contributed by atoms with Gasteiger partial charge in [0.1, 0.15) is 5.65 Å². The maximum Gasteiger partial charge on any atom is 0.140 e. The van der Waals surface area contributed by atoms with E-state index in [1.165, 1.54) is 33.2 Å². The quantitative estimate of drug-likeness (QED) is 0.616. The minimum Gasteiger partial charge on any atom is -0.299 e. The van der Waals surface area contributed by atoms with E-state index in [0.29, 0.717) is 0 Å². The van der Waals surface area contributed by atoms with E-state index in [4.69, 9.17) is 0 Å². The first-order valence-electron chi connectivity index (χ1n) is 6.60. The first-order chi connectivity index (χ1) is 9.11. The number of hydrogen-bond donors (Lipinski definition) is 0. The minimum atomic E-state index is 1.05. The maximum atomic E-state index is 4.51. The number of hydrogen-bond acceptors (Lipinski definition) is 1. The highest BCUT2D eigenvalue weighted by Gasteiger charge is 2.13. The fourth-order valence-corrected chi connectivity index (χ4v) is 2.72. The van der Waals surface area contributed by atoms with Crippen LogP contribution in [0.25, 0.3) is 22.1 Å². The Hall–Kier alpha value is -2.09. The number of pyridine rings is 1. The lowest BCUT2D eigenvalue weighted by molar-refractivity contribution is 1.21. The number of imidazole rings is 1. The summed E-state index contributed by atoms with van der Waals surface area (Å²) in [6.07, 6.45) is 3.91. The highest BCUT2D eigenvalue weighted by molar-refractivity contribution is 5.96. The number of para-hydroxylation sites is 1. The van der Waals surface area contributed by atoms with Crippen molar-refractivity contribution in [2.45, 2.75) is 27.7 Å². The normalized spacial score (nSPS) is 11.2. The Morgan fingerprint density at radius 1 is 1.11 bits per heavy atom. The zero-order valence-corrected chi connectivity index (χ0v) is 11.9. The molecule has 0 radical (unpaired) electrons. The van der Waals surface area contributed by atoms with Crippen molar-refractivity contribution in [3.8, 4) is 0 Å². The highest BCUT2D eigenvalue weighted by atomic mass is 15.0. The zero-order valence-electron chi connectivity index (χ0n) is 11.9. The summed E-state index contributed by atoms with van der Waals surface area (Å²) in [6.45, 7) is 8.69. The topological polar surface area (TPSA) is 17.3 Å². The van der Waals surface area contributed by atoms with Gasteiger partial charge >= 0.3 is 0 Å². The van der Waals surface area contributed by atoms with Gasteiger partial charge in [-0.3, -0.25) is 4.40 Å². The molecule has 19 heavy (non-hydrogen) atoms. The Bertz CT molecular complexity index is 803. The van der Waals surface area contributed by atoms with Crippen molar-refractivity contribution in [3.63, 3.8) is 0 Å². The first kappa shape index (κ1) is 12.0. The fraction of sp³-hybridized carbons (Fsp3) is 0.235. The zero-order chi connectivity index (χ0) is 13.6. The molecule has 0 fully saturated rings. The lowest BCUT2D eigenvalue weighted by Crippen LogP contribution is -1.98. The van der Waals surface area contributed by atoms with Crippen LogP contribution in [0.4, 0.5) is 0 Å². The van der Waals surface area contributed by atoms with E-state index in [2.05, 4.69) is 61.3 Å². The van der Waals surface area contributed by atoms with E-state index in [1.807, 2.05) is 12.4 Å². The number of rotatable bonds is 1. The van der Waals surface area contributed by atoms with Crippen LogP contribution in [0.15, 0.2) is 42.2 Å². The van der Waals surface area contributed by atoms with Gasteiger partial charge in [-0.15, -0.1) is 0 Å². The number of aromatic nitrogens is 2. The van der Waals surface area contributed by atoms with Gasteiger partial charge in [0.05, 0.1) is 5.52 Å². The van der Waals surface area contributed by atoms with E-state index in [-0.39, 0.29) is 0 Å². The van der Waals surface area contributed by atoms with Gasteiger partial charge in [-0.1, -0.05) is 23.8 Å². The molecular weight excluding hydrogens is 232 g/mol. The molecular formula is C17H18N2. The van der Waals surface area contributed by atoms with Crippen molar-refractivity contribution in [1.82, 2.24) is 9.38 Å². The van der Waals surface area contributed by atoms with Crippen molar-refractivity contribution in [2.24, 2.45) is 0 Å². The van der Waals surface area contributed by atoms with E-state index >= 15 is 0 Å². The predicted octanol–water partition coefficient (Wildman–Crippen LogP) is 4.61. The van der Waals surface area contributed by atoms with E-state index in [1.54, 1.807) is 0 Å².